The van der Waals surface area contributed by atoms with E-state index in [0.717, 1.165) is 0 Å². The Bertz CT molecular complexity index is 515. The third-order valence-electron chi connectivity index (χ3n) is 2.03. The molecule has 0 saturated carbocycles. The molecule has 1 atom stereocenters. The fraction of sp³-hybridized carbons (Fsp3) is 0.333. The fourth-order valence-electron chi connectivity index (χ4n) is 1.17. The maximum Gasteiger partial charge on any atom is 0.241 e. The van der Waals surface area contributed by atoms with Crippen LogP contribution in [0.2, 0.25) is 0 Å². The molecule has 94 valence electrons. The van der Waals surface area contributed by atoms with Gasteiger partial charge in [-0.2, -0.15) is 4.72 Å². The van der Waals surface area contributed by atoms with Gasteiger partial charge in [-0.05, 0) is 13.0 Å². The number of amides is 1. The van der Waals surface area contributed by atoms with Crippen molar-refractivity contribution in [2.75, 3.05) is 12.8 Å². The molecule has 1 amide bonds. The Labute approximate surface area is 99.5 Å². The lowest BCUT2D eigenvalue weighted by atomic mass is 10.3. The number of nitrogens with two attached hydrogens (primary N) is 1. The summed E-state index contributed by atoms with van der Waals surface area (Å²) in [6, 6.07) is 1.66. The van der Waals surface area contributed by atoms with Gasteiger partial charge in [-0.15, -0.1) is 0 Å². The van der Waals surface area contributed by atoms with Gasteiger partial charge in [-0.3, -0.25) is 4.79 Å². The minimum Gasteiger partial charge on any atom is -0.384 e. The van der Waals surface area contributed by atoms with Crippen molar-refractivity contribution in [2.45, 2.75) is 17.9 Å². The molecule has 17 heavy (non-hydrogen) atoms. The van der Waals surface area contributed by atoms with Crippen LogP contribution in [0.5, 0.6) is 0 Å². The second-order valence-corrected chi connectivity index (χ2v) is 5.09. The molecule has 0 fully saturated rings. The van der Waals surface area contributed by atoms with Crippen LogP contribution in [-0.2, 0) is 14.8 Å². The normalized spacial score (nSPS) is 13.1. The van der Waals surface area contributed by atoms with Crippen molar-refractivity contribution in [1.82, 2.24) is 15.0 Å². The first-order valence-corrected chi connectivity index (χ1v) is 6.30. The van der Waals surface area contributed by atoms with E-state index in [4.69, 9.17) is 5.73 Å². The predicted molar refractivity (Wildman–Crippen MR) is 62.5 cm³/mol. The second-order valence-electron chi connectivity index (χ2n) is 3.37. The highest BCUT2D eigenvalue weighted by molar-refractivity contribution is 7.89. The molecule has 1 unspecified atom stereocenters. The van der Waals surface area contributed by atoms with Crippen LogP contribution in [0.3, 0.4) is 0 Å². The van der Waals surface area contributed by atoms with Crippen molar-refractivity contribution < 1.29 is 13.2 Å². The number of carbonyl (C=O) groups excluding carboxylic acids is 1. The van der Waals surface area contributed by atoms with Crippen LogP contribution < -0.4 is 15.8 Å². The van der Waals surface area contributed by atoms with Crippen LogP contribution in [-0.4, -0.2) is 32.4 Å². The van der Waals surface area contributed by atoms with Crippen molar-refractivity contribution in [3.8, 4) is 0 Å². The molecule has 1 rings (SSSR count). The molecule has 0 spiro atoms. The van der Waals surface area contributed by atoms with Crippen LogP contribution in [0, 0.1) is 0 Å². The maximum absolute atomic E-state index is 11.8. The van der Waals surface area contributed by atoms with Crippen molar-refractivity contribution >= 4 is 21.7 Å². The van der Waals surface area contributed by atoms with E-state index >= 15 is 0 Å². The highest BCUT2D eigenvalue weighted by Gasteiger charge is 2.21. The van der Waals surface area contributed by atoms with Crippen molar-refractivity contribution in [2.24, 2.45) is 0 Å². The van der Waals surface area contributed by atoms with Crippen LogP contribution >= 0.6 is 0 Å². The van der Waals surface area contributed by atoms with E-state index in [9.17, 15) is 13.2 Å². The first-order valence-electron chi connectivity index (χ1n) is 4.82. The number of pyridine rings is 1. The first kappa shape index (κ1) is 13.4. The zero-order chi connectivity index (χ0) is 13.1. The van der Waals surface area contributed by atoms with E-state index < -0.39 is 22.0 Å². The average molecular weight is 258 g/mol. The summed E-state index contributed by atoms with van der Waals surface area (Å²) < 4.78 is 25.9. The van der Waals surface area contributed by atoms with Gasteiger partial charge in [0.1, 0.15) is 5.82 Å². The third-order valence-corrected chi connectivity index (χ3v) is 3.57. The van der Waals surface area contributed by atoms with Gasteiger partial charge in [0, 0.05) is 19.3 Å². The first-order chi connectivity index (χ1) is 7.86. The molecule has 0 aliphatic carbocycles. The molecule has 0 saturated heterocycles. The summed E-state index contributed by atoms with van der Waals surface area (Å²) in [7, 11) is -2.34. The molecule has 1 heterocycles. The molecule has 0 radical (unpaired) electrons. The van der Waals surface area contributed by atoms with Crippen LogP contribution in [0.1, 0.15) is 6.92 Å². The number of nitrogens with zero attached hydrogens (tertiary/aromatic N) is 1. The molecule has 1 aromatic rings. The van der Waals surface area contributed by atoms with Gasteiger partial charge in [0.25, 0.3) is 0 Å². The summed E-state index contributed by atoms with van der Waals surface area (Å²) in [5.41, 5.74) is 5.39. The number of rotatable bonds is 4. The minimum absolute atomic E-state index is 0.0271. The molecule has 0 aliphatic heterocycles. The van der Waals surface area contributed by atoms with E-state index in [1.165, 1.54) is 32.3 Å². The molecular formula is C9H14N4O3S. The smallest absolute Gasteiger partial charge is 0.241 e. The Kier molecular flexibility index (Phi) is 4.02. The zero-order valence-electron chi connectivity index (χ0n) is 9.47. The predicted octanol–water partition coefficient (Wildman–Crippen LogP) is -0.923. The number of anilines is 1. The molecular weight excluding hydrogens is 244 g/mol. The van der Waals surface area contributed by atoms with Crippen LogP contribution in [0.4, 0.5) is 5.82 Å². The summed E-state index contributed by atoms with van der Waals surface area (Å²) in [6.45, 7) is 1.45. The van der Waals surface area contributed by atoms with Gasteiger partial charge < -0.3 is 11.1 Å². The monoisotopic (exact) mass is 258 g/mol. The zero-order valence-corrected chi connectivity index (χ0v) is 10.3. The Hall–Kier alpha value is -1.67. The minimum atomic E-state index is -3.77. The number of hydrogen-bond acceptors (Lipinski definition) is 5. The Morgan fingerprint density at radius 1 is 1.53 bits per heavy atom. The van der Waals surface area contributed by atoms with E-state index in [0.29, 0.717) is 0 Å². The number of likely N-dealkylation sites (N-methyl/N-ethyl adjacent to an activating group) is 1. The van der Waals surface area contributed by atoms with Crippen molar-refractivity contribution in [1.29, 1.82) is 0 Å². The summed E-state index contributed by atoms with van der Waals surface area (Å²) >= 11 is 0. The average Bonchev–Trinajstić information content (AvgIpc) is 2.27. The van der Waals surface area contributed by atoms with Gasteiger partial charge in [0.05, 0.1) is 10.9 Å². The standard InChI is InChI=1S/C9H14N4O3S/c1-6(9(14)11-2)13-17(15,16)7-3-4-12-8(10)5-7/h3-6,13H,1-2H3,(H2,10,12)(H,11,14). The third kappa shape index (κ3) is 3.40. The van der Waals surface area contributed by atoms with Gasteiger partial charge in [0.2, 0.25) is 15.9 Å². The lowest BCUT2D eigenvalue weighted by Crippen LogP contribution is -2.43. The lowest BCUT2D eigenvalue weighted by molar-refractivity contribution is -0.121. The Morgan fingerprint density at radius 3 is 2.71 bits per heavy atom. The SMILES string of the molecule is CNC(=O)C(C)NS(=O)(=O)c1ccnc(N)c1. The largest absolute Gasteiger partial charge is 0.384 e. The second kappa shape index (κ2) is 5.11. The topological polar surface area (TPSA) is 114 Å². The summed E-state index contributed by atoms with van der Waals surface area (Å²) in [4.78, 5) is 14.9. The molecule has 0 aromatic carbocycles. The van der Waals surface area contributed by atoms with E-state index in [2.05, 4.69) is 15.0 Å². The van der Waals surface area contributed by atoms with E-state index in [1.807, 2.05) is 0 Å². The molecule has 1 aromatic heterocycles. The maximum atomic E-state index is 11.8. The quantitative estimate of drug-likeness (QED) is 0.646. The molecule has 7 nitrogen and oxygen atoms in total. The van der Waals surface area contributed by atoms with Crippen molar-refractivity contribution in [3.63, 3.8) is 0 Å². The van der Waals surface area contributed by atoms with Gasteiger partial charge in [-0.1, -0.05) is 0 Å². The highest BCUT2D eigenvalue weighted by Crippen LogP contribution is 2.10. The summed E-state index contributed by atoms with van der Waals surface area (Å²) in [5, 5.41) is 2.35. The van der Waals surface area contributed by atoms with Crippen molar-refractivity contribution in [3.05, 3.63) is 18.3 Å². The molecule has 8 heteroatoms. The number of carbonyl (C=O) groups is 1. The highest BCUT2D eigenvalue weighted by atomic mass is 32.2. The number of nitrogens with one attached hydrogen (secondary N) is 2. The molecule has 0 bridgehead atoms. The molecule has 4 N–H and O–H groups in total. The number of hydrogen-bond donors (Lipinski definition) is 3. The van der Waals surface area contributed by atoms with Gasteiger partial charge >= 0.3 is 0 Å². The summed E-state index contributed by atoms with van der Waals surface area (Å²) in [6.07, 6.45) is 1.29. The summed E-state index contributed by atoms with van der Waals surface area (Å²) in [5.74, 6) is -0.323. The fourth-order valence-corrected chi connectivity index (χ4v) is 2.39. The molecule has 0 aliphatic rings. The number of sulfonamides is 1. The van der Waals surface area contributed by atoms with E-state index in [1.54, 1.807) is 0 Å². The van der Waals surface area contributed by atoms with Crippen LogP contribution in [0.15, 0.2) is 23.2 Å². The lowest BCUT2D eigenvalue weighted by Gasteiger charge is -2.12. The number of aromatic nitrogens is 1. The Morgan fingerprint density at radius 2 is 2.18 bits per heavy atom. The van der Waals surface area contributed by atoms with Gasteiger partial charge in [0.15, 0.2) is 0 Å². The van der Waals surface area contributed by atoms with Crippen LogP contribution in [0.25, 0.3) is 0 Å². The Balaban J connectivity index is 2.93. The number of nitrogen functional groups attached to an aromatic ring is 1. The van der Waals surface area contributed by atoms with Gasteiger partial charge in [-0.25, -0.2) is 13.4 Å². The van der Waals surface area contributed by atoms with E-state index in [-0.39, 0.29) is 10.7 Å².